The Labute approximate surface area is 139 Å². The van der Waals surface area contributed by atoms with Gasteiger partial charge in [0.05, 0.1) is 13.2 Å². The predicted molar refractivity (Wildman–Crippen MR) is 90.9 cm³/mol. The quantitative estimate of drug-likeness (QED) is 0.359. The van der Waals surface area contributed by atoms with Gasteiger partial charge in [0.15, 0.2) is 5.78 Å². The Balaban J connectivity index is 2.36. The van der Waals surface area contributed by atoms with E-state index in [1.165, 1.54) is 7.11 Å². The van der Waals surface area contributed by atoms with Crippen molar-refractivity contribution in [2.24, 2.45) is 11.8 Å². The van der Waals surface area contributed by atoms with Crippen molar-refractivity contribution in [2.45, 2.75) is 64.4 Å². The third-order valence-electron chi connectivity index (χ3n) is 4.35. The summed E-state index contributed by atoms with van der Waals surface area (Å²) < 4.78 is 4.61. The number of carbonyl (C=O) groups excluding carboxylic acids is 2. The van der Waals surface area contributed by atoms with Gasteiger partial charge in [-0.05, 0) is 25.3 Å². The Hall–Kier alpha value is -1.42. The molecule has 23 heavy (non-hydrogen) atoms. The van der Waals surface area contributed by atoms with Gasteiger partial charge in [0, 0.05) is 18.3 Å². The number of aliphatic hydroxyl groups is 1. The second-order valence-electron chi connectivity index (χ2n) is 6.22. The summed E-state index contributed by atoms with van der Waals surface area (Å²) in [5, 5.41) is 9.94. The van der Waals surface area contributed by atoms with Crippen molar-refractivity contribution in [2.75, 3.05) is 7.11 Å². The molecule has 4 heteroatoms. The van der Waals surface area contributed by atoms with E-state index >= 15 is 0 Å². The molecule has 1 aliphatic carbocycles. The Morgan fingerprint density at radius 2 is 2.13 bits per heavy atom. The van der Waals surface area contributed by atoms with Crippen LogP contribution in [-0.4, -0.2) is 30.1 Å². The van der Waals surface area contributed by atoms with Crippen LogP contribution in [0.15, 0.2) is 24.3 Å². The SMILES string of the molecule is CCCCCC(O)C=CC1C=CC(=O)C1CCCCC(=O)OC. The van der Waals surface area contributed by atoms with Crippen molar-refractivity contribution in [3.8, 4) is 0 Å². The average Bonchev–Trinajstić information content (AvgIpc) is 2.89. The summed E-state index contributed by atoms with van der Waals surface area (Å²) in [5.41, 5.74) is 0. The molecule has 4 nitrogen and oxygen atoms in total. The van der Waals surface area contributed by atoms with Gasteiger partial charge >= 0.3 is 5.97 Å². The largest absolute Gasteiger partial charge is 0.469 e. The number of methoxy groups -OCH3 is 1. The number of carbonyl (C=O) groups is 2. The number of allylic oxidation sites excluding steroid dienone is 3. The van der Waals surface area contributed by atoms with Crippen LogP contribution in [0, 0.1) is 11.8 Å². The van der Waals surface area contributed by atoms with Gasteiger partial charge in [-0.15, -0.1) is 0 Å². The Bertz CT molecular complexity index is 425. The summed E-state index contributed by atoms with van der Waals surface area (Å²) in [6, 6.07) is 0. The molecule has 0 fully saturated rings. The molecule has 3 unspecified atom stereocenters. The summed E-state index contributed by atoms with van der Waals surface area (Å²) in [7, 11) is 1.39. The maximum Gasteiger partial charge on any atom is 0.305 e. The maximum absolute atomic E-state index is 11.9. The highest BCUT2D eigenvalue weighted by Crippen LogP contribution is 2.29. The zero-order valence-corrected chi connectivity index (χ0v) is 14.4. The van der Waals surface area contributed by atoms with Crippen LogP contribution < -0.4 is 0 Å². The van der Waals surface area contributed by atoms with Gasteiger partial charge in [0.1, 0.15) is 0 Å². The van der Waals surface area contributed by atoms with Crippen molar-refractivity contribution in [3.63, 3.8) is 0 Å². The number of unbranched alkanes of at least 4 members (excludes halogenated alkanes) is 3. The minimum absolute atomic E-state index is 0.0493. The fourth-order valence-corrected chi connectivity index (χ4v) is 2.88. The van der Waals surface area contributed by atoms with Gasteiger partial charge in [-0.3, -0.25) is 9.59 Å². The molecule has 0 spiro atoms. The van der Waals surface area contributed by atoms with E-state index in [1.807, 2.05) is 18.2 Å². The molecular weight excluding hydrogens is 292 g/mol. The molecule has 0 saturated heterocycles. The smallest absolute Gasteiger partial charge is 0.305 e. The first-order valence-electron chi connectivity index (χ1n) is 8.73. The van der Waals surface area contributed by atoms with E-state index in [-0.39, 0.29) is 23.6 Å². The molecule has 1 aliphatic rings. The molecule has 0 heterocycles. The first kappa shape index (κ1) is 19.6. The maximum atomic E-state index is 11.9. The number of rotatable bonds is 11. The van der Waals surface area contributed by atoms with Crippen LogP contribution in [0.3, 0.4) is 0 Å². The fraction of sp³-hybridized carbons (Fsp3) is 0.684. The average molecular weight is 322 g/mol. The fourth-order valence-electron chi connectivity index (χ4n) is 2.88. The molecule has 0 saturated carbocycles. The lowest BCUT2D eigenvalue weighted by molar-refractivity contribution is -0.140. The summed E-state index contributed by atoms with van der Waals surface area (Å²) in [4.78, 5) is 23.0. The van der Waals surface area contributed by atoms with Gasteiger partial charge in [0.2, 0.25) is 0 Å². The predicted octanol–water partition coefficient (Wildman–Crippen LogP) is 3.59. The Kier molecular flexibility index (Phi) is 9.53. The van der Waals surface area contributed by atoms with E-state index in [0.717, 1.165) is 44.9 Å². The van der Waals surface area contributed by atoms with Gasteiger partial charge in [-0.25, -0.2) is 0 Å². The zero-order chi connectivity index (χ0) is 17.1. The van der Waals surface area contributed by atoms with Crippen molar-refractivity contribution >= 4 is 11.8 Å². The van der Waals surface area contributed by atoms with Crippen LogP contribution in [0.2, 0.25) is 0 Å². The van der Waals surface area contributed by atoms with Crippen LogP contribution in [-0.2, 0) is 14.3 Å². The van der Waals surface area contributed by atoms with E-state index in [4.69, 9.17) is 0 Å². The third-order valence-corrected chi connectivity index (χ3v) is 4.35. The summed E-state index contributed by atoms with van der Waals surface area (Å²) in [5.74, 6) is -0.0288. The molecule has 0 aliphatic heterocycles. The van der Waals surface area contributed by atoms with Crippen LogP contribution in [0.4, 0.5) is 0 Å². The summed E-state index contributed by atoms with van der Waals surface area (Å²) in [6.07, 6.45) is 13.7. The molecule has 130 valence electrons. The van der Waals surface area contributed by atoms with Gasteiger partial charge in [-0.2, -0.15) is 0 Å². The van der Waals surface area contributed by atoms with E-state index in [0.29, 0.717) is 6.42 Å². The van der Waals surface area contributed by atoms with E-state index in [2.05, 4.69) is 11.7 Å². The van der Waals surface area contributed by atoms with Gasteiger partial charge in [0.25, 0.3) is 0 Å². The number of hydrogen-bond acceptors (Lipinski definition) is 4. The zero-order valence-electron chi connectivity index (χ0n) is 14.4. The molecular formula is C19H30O4. The number of ketones is 1. The molecule has 1 rings (SSSR count). The molecule has 0 radical (unpaired) electrons. The van der Waals surface area contributed by atoms with Crippen LogP contribution in [0.5, 0.6) is 0 Å². The molecule has 1 N–H and O–H groups in total. The molecule has 0 bridgehead atoms. The van der Waals surface area contributed by atoms with Crippen LogP contribution >= 0.6 is 0 Å². The highest BCUT2D eigenvalue weighted by molar-refractivity contribution is 5.94. The minimum atomic E-state index is -0.425. The first-order chi connectivity index (χ1) is 11.1. The van der Waals surface area contributed by atoms with Gasteiger partial charge in [-0.1, -0.05) is 50.8 Å². The first-order valence-corrected chi connectivity index (χ1v) is 8.73. The van der Waals surface area contributed by atoms with Gasteiger partial charge < -0.3 is 9.84 Å². The topological polar surface area (TPSA) is 63.6 Å². The molecule has 0 amide bonds. The molecule has 3 atom stereocenters. The highest BCUT2D eigenvalue weighted by Gasteiger charge is 2.27. The molecule has 0 aromatic rings. The van der Waals surface area contributed by atoms with Crippen molar-refractivity contribution < 1.29 is 19.4 Å². The second kappa shape index (κ2) is 11.2. The number of hydrogen-bond donors (Lipinski definition) is 1. The van der Waals surface area contributed by atoms with E-state index in [1.54, 1.807) is 6.08 Å². The summed E-state index contributed by atoms with van der Waals surface area (Å²) >= 11 is 0. The number of ether oxygens (including phenoxy) is 1. The standard InChI is InChI=1S/C19H30O4/c1-3-4-5-8-16(20)13-11-15-12-14-18(21)17(15)9-6-7-10-19(22)23-2/h11-17,20H,3-10H2,1-2H3. The number of aliphatic hydroxyl groups excluding tert-OH is 1. The van der Waals surface area contributed by atoms with E-state index < -0.39 is 6.10 Å². The lowest BCUT2D eigenvalue weighted by Gasteiger charge is -2.15. The van der Waals surface area contributed by atoms with E-state index in [9.17, 15) is 14.7 Å². The Morgan fingerprint density at radius 3 is 2.83 bits per heavy atom. The van der Waals surface area contributed by atoms with Crippen LogP contribution in [0.25, 0.3) is 0 Å². The lowest BCUT2D eigenvalue weighted by atomic mass is 9.88. The minimum Gasteiger partial charge on any atom is -0.469 e. The Morgan fingerprint density at radius 1 is 1.35 bits per heavy atom. The summed E-state index contributed by atoms with van der Waals surface area (Å²) in [6.45, 7) is 2.14. The van der Waals surface area contributed by atoms with Crippen molar-refractivity contribution in [1.82, 2.24) is 0 Å². The molecule has 0 aromatic carbocycles. The van der Waals surface area contributed by atoms with Crippen LogP contribution in [0.1, 0.15) is 58.3 Å². The normalized spacial score (nSPS) is 22.0. The van der Waals surface area contributed by atoms with Crippen molar-refractivity contribution in [3.05, 3.63) is 24.3 Å². The third kappa shape index (κ3) is 7.60. The highest BCUT2D eigenvalue weighted by atomic mass is 16.5. The monoisotopic (exact) mass is 322 g/mol. The lowest BCUT2D eigenvalue weighted by Crippen LogP contribution is -2.15. The van der Waals surface area contributed by atoms with Crippen molar-refractivity contribution in [1.29, 1.82) is 0 Å². The number of esters is 1. The second-order valence-corrected chi connectivity index (χ2v) is 6.22. The molecule has 0 aromatic heterocycles.